The highest BCUT2D eigenvalue weighted by molar-refractivity contribution is 14.1. The standard InChI is InChI=1S/C29H32ClIN2O2/c1-22-7-5-6-10-26(22)29(27(34)32-21-31,24-8-3-2-4-9-24)17-20-33-18-15-28(35,16-19-33)23-11-13-25(30)14-12-23/h2-14,35H,15-21H2,1H3,(H,32,34). The molecule has 0 aromatic heterocycles. The molecular weight excluding hydrogens is 571 g/mol. The smallest absolute Gasteiger partial charge is 0.235 e. The number of benzene rings is 3. The van der Waals surface area contributed by atoms with E-state index >= 15 is 0 Å². The highest BCUT2D eigenvalue weighted by Gasteiger charge is 2.43. The Bertz CT molecular complexity index is 1130. The number of nitrogens with zero attached hydrogens (tertiary/aromatic N) is 1. The molecule has 1 fully saturated rings. The van der Waals surface area contributed by atoms with Gasteiger partial charge in [0.1, 0.15) is 5.41 Å². The summed E-state index contributed by atoms with van der Waals surface area (Å²) in [6.07, 6.45) is 1.96. The largest absolute Gasteiger partial charge is 0.385 e. The highest BCUT2D eigenvalue weighted by Crippen LogP contribution is 2.39. The molecule has 4 rings (SSSR count). The predicted molar refractivity (Wildman–Crippen MR) is 151 cm³/mol. The average molecular weight is 603 g/mol. The summed E-state index contributed by atoms with van der Waals surface area (Å²) in [7, 11) is 0. The van der Waals surface area contributed by atoms with Crippen molar-refractivity contribution in [2.75, 3.05) is 24.2 Å². The summed E-state index contributed by atoms with van der Waals surface area (Å²) in [5.74, 6) is 0.0297. The molecule has 0 spiro atoms. The van der Waals surface area contributed by atoms with E-state index in [0.717, 1.165) is 41.9 Å². The van der Waals surface area contributed by atoms with Gasteiger partial charge in [0.25, 0.3) is 0 Å². The van der Waals surface area contributed by atoms with Gasteiger partial charge < -0.3 is 15.3 Å². The summed E-state index contributed by atoms with van der Waals surface area (Å²) < 4.78 is 0.550. The Morgan fingerprint density at radius 2 is 1.66 bits per heavy atom. The minimum absolute atomic E-state index is 0.0297. The van der Waals surface area contributed by atoms with Crippen molar-refractivity contribution in [3.05, 3.63) is 106 Å². The molecule has 0 radical (unpaired) electrons. The van der Waals surface area contributed by atoms with Crippen LogP contribution in [0.15, 0.2) is 78.9 Å². The summed E-state index contributed by atoms with van der Waals surface area (Å²) in [5.41, 5.74) is 2.44. The second kappa shape index (κ2) is 11.4. The zero-order valence-electron chi connectivity index (χ0n) is 20.0. The normalized spacial score (nSPS) is 17.5. The van der Waals surface area contributed by atoms with E-state index in [1.165, 1.54) is 0 Å². The number of nitrogens with one attached hydrogen (secondary N) is 1. The van der Waals surface area contributed by atoms with Gasteiger partial charge in [0, 0.05) is 18.1 Å². The third-order valence-electron chi connectivity index (χ3n) is 7.35. The van der Waals surface area contributed by atoms with Gasteiger partial charge in [-0.25, -0.2) is 0 Å². The highest BCUT2D eigenvalue weighted by atomic mass is 127. The molecule has 3 aromatic carbocycles. The van der Waals surface area contributed by atoms with Crippen LogP contribution in [0.1, 0.15) is 41.5 Å². The Labute approximate surface area is 226 Å². The monoisotopic (exact) mass is 602 g/mol. The molecule has 6 heteroatoms. The second-order valence-electron chi connectivity index (χ2n) is 9.36. The van der Waals surface area contributed by atoms with E-state index in [9.17, 15) is 9.90 Å². The maximum Gasteiger partial charge on any atom is 0.235 e. The molecule has 1 atom stereocenters. The Morgan fingerprint density at radius 3 is 2.29 bits per heavy atom. The SMILES string of the molecule is Cc1ccccc1C(CCN1CCC(O)(c2ccc(Cl)cc2)CC1)(C(=O)NCI)c1ccccc1. The van der Waals surface area contributed by atoms with E-state index in [1.54, 1.807) is 0 Å². The minimum Gasteiger partial charge on any atom is -0.385 e. The lowest BCUT2D eigenvalue weighted by Gasteiger charge is -2.41. The van der Waals surface area contributed by atoms with Crippen LogP contribution in [0.2, 0.25) is 5.02 Å². The fourth-order valence-electron chi connectivity index (χ4n) is 5.31. The predicted octanol–water partition coefficient (Wildman–Crippen LogP) is 5.82. The zero-order valence-corrected chi connectivity index (χ0v) is 22.9. The maximum atomic E-state index is 13.8. The van der Waals surface area contributed by atoms with Crippen LogP contribution < -0.4 is 5.32 Å². The number of hydrogen-bond acceptors (Lipinski definition) is 3. The van der Waals surface area contributed by atoms with Crippen LogP contribution in [-0.2, 0) is 15.8 Å². The van der Waals surface area contributed by atoms with Crippen molar-refractivity contribution in [3.63, 3.8) is 0 Å². The first-order valence-corrected chi connectivity index (χ1v) is 14.0. The van der Waals surface area contributed by atoms with Crippen molar-refractivity contribution in [2.45, 2.75) is 37.2 Å². The van der Waals surface area contributed by atoms with Gasteiger partial charge in [-0.15, -0.1) is 0 Å². The van der Waals surface area contributed by atoms with Crippen molar-refractivity contribution in [1.29, 1.82) is 0 Å². The third-order valence-corrected chi connectivity index (χ3v) is 7.99. The second-order valence-corrected chi connectivity index (χ2v) is 10.6. The Hall–Kier alpha value is -1.93. The van der Waals surface area contributed by atoms with Crippen LogP contribution in [0, 0.1) is 6.92 Å². The number of alkyl halides is 1. The van der Waals surface area contributed by atoms with Crippen LogP contribution in [-0.4, -0.2) is 40.1 Å². The minimum atomic E-state index is -0.841. The molecule has 1 saturated heterocycles. The van der Waals surface area contributed by atoms with E-state index in [1.807, 2.05) is 54.6 Å². The van der Waals surface area contributed by atoms with E-state index < -0.39 is 11.0 Å². The number of hydrogen-bond donors (Lipinski definition) is 2. The van der Waals surface area contributed by atoms with Crippen LogP contribution in [0.4, 0.5) is 0 Å². The molecule has 184 valence electrons. The fourth-order valence-corrected chi connectivity index (χ4v) is 5.78. The van der Waals surface area contributed by atoms with E-state index in [2.05, 4.69) is 64.0 Å². The first-order chi connectivity index (χ1) is 16.9. The number of aryl methyl sites for hydroxylation is 1. The summed E-state index contributed by atoms with van der Waals surface area (Å²) >= 11 is 8.23. The van der Waals surface area contributed by atoms with Gasteiger partial charge in [-0.1, -0.05) is 101 Å². The van der Waals surface area contributed by atoms with Crippen LogP contribution in [0.25, 0.3) is 0 Å². The molecule has 4 nitrogen and oxygen atoms in total. The fraction of sp³-hybridized carbons (Fsp3) is 0.345. The molecule has 1 aliphatic heterocycles. The van der Waals surface area contributed by atoms with Crippen LogP contribution in [0.5, 0.6) is 0 Å². The third kappa shape index (κ3) is 5.58. The van der Waals surface area contributed by atoms with Crippen molar-refractivity contribution in [3.8, 4) is 0 Å². The molecular formula is C29H32ClIN2O2. The molecule has 1 heterocycles. The van der Waals surface area contributed by atoms with Gasteiger partial charge in [-0.2, -0.15) is 0 Å². The molecule has 35 heavy (non-hydrogen) atoms. The van der Waals surface area contributed by atoms with Gasteiger partial charge in [-0.3, -0.25) is 4.79 Å². The number of aliphatic hydroxyl groups is 1. The van der Waals surface area contributed by atoms with E-state index in [4.69, 9.17) is 11.6 Å². The number of piperidine rings is 1. The summed E-state index contributed by atoms with van der Waals surface area (Å²) in [5, 5.41) is 15.1. The topological polar surface area (TPSA) is 52.6 Å². The number of likely N-dealkylation sites (tertiary alicyclic amines) is 1. The van der Waals surface area contributed by atoms with Gasteiger partial charge in [-0.05, 0) is 67.1 Å². The van der Waals surface area contributed by atoms with Gasteiger partial charge in [0.05, 0.1) is 10.2 Å². The Kier molecular flexibility index (Phi) is 8.53. The van der Waals surface area contributed by atoms with Crippen molar-refractivity contribution < 1.29 is 9.90 Å². The van der Waals surface area contributed by atoms with Crippen LogP contribution >= 0.6 is 34.2 Å². The van der Waals surface area contributed by atoms with Crippen molar-refractivity contribution in [2.24, 2.45) is 0 Å². The van der Waals surface area contributed by atoms with Crippen molar-refractivity contribution >= 4 is 40.1 Å². The van der Waals surface area contributed by atoms with Gasteiger partial charge >= 0.3 is 0 Å². The molecule has 2 N–H and O–H groups in total. The van der Waals surface area contributed by atoms with Gasteiger partial charge in [0.15, 0.2) is 0 Å². The molecule has 0 aliphatic carbocycles. The number of carbonyl (C=O) groups is 1. The number of halogens is 2. The molecule has 0 saturated carbocycles. The van der Waals surface area contributed by atoms with E-state index in [0.29, 0.717) is 28.8 Å². The molecule has 1 amide bonds. The molecule has 3 aromatic rings. The Balaban J connectivity index is 1.59. The first kappa shape index (κ1) is 26.1. The van der Waals surface area contributed by atoms with Crippen molar-refractivity contribution in [1.82, 2.24) is 10.2 Å². The summed E-state index contributed by atoms with van der Waals surface area (Å²) in [4.78, 5) is 16.2. The molecule has 0 bridgehead atoms. The first-order valence-electron chi connectivity index (χ1n) is 12.1. The quantitative estimate of drug-likeness (QED) is 0.194. The van der Waals surface area contributed by atoms with Crippen LogP contribution in [0.3, 0.4) is 0 Å². The number of carbonyl (C=O) groups excluding carboxylic acids is 1. The molecule has 1 unspecified atom stereocenters. The lowest BCUT2D eigenvalue weighted by molar-refractivity contribution is -0.125. The summed E-state index contributed by atoms with van der Waals surface area (Å²) in [6, 6.07) is 25.9. The lowest BCUT2D eigenvalue weighted by atomic mass is 9.69. The zero-order chi connectivity index (χ0) is 24.9. The Morgan fingerprint density at radius 1 is 1.03 bits per heavy atom. The van der Waals surface area contributed by atoms with E-state index in [-0.39, 0.29) is 5.91 Å². The lowest BCUT2D eigenvalue weighted by Crippen LogP contribution is -2.49. The average Bonchev–Trinajstić information content (AvgIpc) is 2.87. The number of amides is 1. The molecule has 1 aliphatic rings. The summed E-state index contributed by atoms with van der Waals surface area (Å²) in [6.45, 7) is 4.38. The van der Waals surface area contributed by atoms with Gasteiger partial charge in [0.2, 0.25) is 5.91 Å². The maximum absolute atomic E-state index is 13.8. The number of rotatable bonds is 8.